The van der Waals surface area contributed by atoms with Crippen molar-refractivity contribution in [1.29, 1.82) is 0 Å². The fourth-order valence-corrected chi connectivity index (χ4v) is 4.27. The summed E-state index contributed by atoms with van der Waals surface area (Å²) in [7, 11) is 0. The monoisotopic (exact) mass is 417 g/mol. The van der Waals surface area contributed by atoms with Crippen LogP contribution in [-0.4, -0.2) is 29.7 Å². The number of fused-ring (bicyclic) bond motifs is 1. The number of ether oxygens (including phenoxy) is 1. The number of rotatable bonds is 5. The van der Waals surface area contributed by atoms with Crippen molar-refractivity contribution in [3.63, 3.8) is 0 Å². The molecule has 1 aliphatic heterocycles. The Labute approximate surface area is 180 Å². The molecule has 1 saturated heterocycles. The van der Waals surface area contributed by atoms with E-state index in [4.69, 9.17) is 4.74 Å². The number of ketones is 1. The molecule has 1 aliphatic carbocycles. The van der Waals surface area contributed by atoms with Crippen LogP contribution in [0.3, 0.4) is 0 Å². The average molecular weight is 417 g/mol. The minimum Gasteiger partial charge on any atom is -0.451 e. The Morgan fingerprint density at radius 2 is 1.65 bits per heavy atom. The van der Waals surface area contributed by atoms with E-state index in [-0.39, 0.29) is 40.9 Å². The lowest BCUT2D eigenvalue weighted by molar-refractivity contribution is -0.122. The first-order valence-electron chi connectivity index (χ1n) is 10.3. The number of nitrogens with zero attached hydrogens (tertiary/aromatic N) is 1. The third-order valence-electron chi connectivity index (χ3n) is 5.95. The number of benzene rings is 2. The van der Waals surface area contributed by atoms with Crippen molar-refractivity contribution in [1.82, 2.24) is 0 Å². The van der Waals surface area contributed by atoms with Gasteiger partial charge in [0.15, 0.2) is 6.10 Å². The largest absolute Gasteiger partial charge is 0.451 e. The second-order valence-electron chi connectivity index (χ2n) is 7.99. The molecule has 2 aliphatic rings. The van der Waals surface area contributed by atoms with Crippen molar-refractivity contribution < 1.29 is 23.9 Å². The summed E-state index contributed by atoms with van der Waals surface area (Å²) in [6, 6.07) is 14.7. The topological polar surface area (TPSA) is 80.8 Å². The number of carbonyl (C=O) groups is 4. The van der Waals surface area contributed by atoms with Crippen molar-refractivity contribution in [2.75, 3.05) is 4.90 Å². The highest BCUT2D eigenvalue weighted by Gasteiger charge is 2.50. The number of anilines is 1. The number of carbonyl (C=O) groups excluding carboxylic acids is 4. The number of hydrogen-bond donors (Lipinski definition) is 0. The molecule has 2 aromatic rings. The number of Topliss-reactive ketones (excluding diaryl/α,β-unsaturated/α-hetero) is 1. The Bertz CT molecular complexity index is 1060. The Hall–Kier alpha value is -3.54. The van der Waals surface area contributed by atoms with Gasteiger partial charge in [-0.15, -0.1) is 0 Å². The molecule has 0 aromatic heterocycles. The standard InChI is InChI=1S/C25H23NO5/c1-15-7-6-10-20-21(15)24(29)26(23(20)28)19-13-11-18(12-14-19)25(30)31-16(2)22(27)17-8-4-3-5-9-17/h3-9,11-16,20-21H,10H2,1-2H3/t15-,16+,20-,21-/m1/s1. The lowest BCUT2D eigenvalue weighted by Gasteiger charge is -2.22. The van der Waals surface area contributed by atoms with E-state index in [2.05, 4.69) is 0 Å². The molecular weight excluding hydrogens is 394 g/mol. The zero-order chi connectivity index (χ0) is 22.1. The maximum atomic E-state index is 12.9. The van der Waals surface area contributed by atoms with Gasteiger partial charge in [-0.05, 0) is 43.5 Å². The van der Waals surface area contributed by atoms with Crippen LogP contribution >= 0.6 is 0 Å². The minimum atomic E-state index is -0.937. The lowest BCUT2D eigenvalue weighted by Crippen LogP contribution is -2.31. The summed E-state index contributed by atoms with van der Waals surface area (Å²) in [5.41, 5.74) is 1.14. The van der Waals surface area contributed by atoms with Crippen LogP contribution in [0.4, 0.5) is 5.69 Å². The van der Waals surface area contributed by atoms with Crippen LogP contribution in [0.5, 0.6) is 0 Å². The van der Waals surface area contributed by atoms with E-state index in [0.29, 0.717) is 17.7 Å². The van der Waals surface area contributed by atoms with Gasteiger partial charge in [-0.3, -0.25) is 19.3 Å². The number of allylic oxidation sites excluding steroid dienone is 2. The third kappa shape index (κ3) is 3.81. The Morgan fingerprint density at radius 3 is 2.29 bits per heavy atom. The van der Waals surface area contributed by atoms with E-state index in [9.17, 15) is 19.2 Å². The maximum absolute atomic E-state index is 12.9. The molecule has 0 unspecified atom stereocenters. The van der Waals surface area contributed by atoms with Crippen molar-refractivity contribution in [3.8, 4) is 0 Å². The number of hydrogen-bond acceptors (Lipinski definition) is 5. The highest BCUT2D eigenvalue weighted by Crippen LogP contribution is 2.40. The van der Waals surface area contributed by atoms with E-state index < -0.39 is 12.1 Å². The van der Waals surface area contributed by atoms with E-state index in [1.807, 2.05) is 19.1 Å². The van der Waals surface area contributed by atoms with Gasteiger partial charge in [0.1, 0.15) is 0 Å². The molecule has 0 N–H and O–H groups in total. The van der Waals surface area contributed by atoms with Gasteiger partial charge in [-0.25, -0.2) is 4.79 Å². The first-order chi connectivity index (χ1) is 14.9. The molecule has 6 heteroatoms. The van der Waals surface area contributed by atoms with Gasteiger partial charge in [-0.2, -0.15) is 0 Å². The summed E-state index contributed by atoms with van der Waals surface area (Å²) >= 11 is 0. The molecule has 6 nitrogen and oxygen atoms in total. The molecule has 4 atom stereocenters. The maximum Gasteiger partial charge on any atom is 0.338 e. The minimum absolute atomic E-state index is 0.0121. The predicted molar refractivity (Wildman–Crippen MR) is 114 cm³/mol. The molecule has 158 valence electrons. The van der Waals surface area contributed by atoms with E-state index >= 15 is 0 Å². The Kier molecular flexibility index (Phi) is 5.55. The summed E-state index contributed by atoms with van der Waals surface area (Å²) in [4.78, 5) is 51.8. The highest BCUT2D eigenvalue weighted by molar-refractivity contribution is 6.22. The summed E-state index contributed by atoms with van der Waals surface area (Å²) in [5.74, 6) is -2.00. The Morgan fingerprint density at radius 1 is 0.968 bits per heavy atom. The van der Waals surface area contributed by atoms with Crippen LogP contribution in [0.15, 0.2) is 66.7 Å². The Balaban J connectivity index is 1.46. The number of imide groups is 1. The van der Waals surface area contributed by atoms with Crippen molar-refractivity contribution >= 4 is 29.3 Å². The summed E-state index contributed by atoms with van der Waals surface area (Å²) in [6.45, 7) is 3.47. The van der Waals surface area contributed by atoms with Crippen LogP contribution in [0.25, 0.3) is 0 Å². The SMILES string of the molecule is C[C@H](OC(=O)c1ccc(N2C(=O)[C@@H]3[C@H](C)C=CC[C@H]3C2=O)cc1)C(=O)c1ccccc1. The quantitative estimate of drug-likeness (QED) is 0.320. The normalized spacial score (nSPS) is 23.4. The van der Waals surface area contributed by atoms with Crippen molar-refractivity contribution in [2.45, 2.75) is 26.4 Å². The molecular formula is C25H23NO5. The fourth-order valence-electron chi connectivity index (χ4n) is 4.27. The zero-order valence-corrected chi connectivity index (χ0v) is 17.4. The van der Waals surface area contributed by atoms with Crippen LogP contribution in [0, 0.1) is 17.8 Å². The summed E-state index contributed by atoms with van der Waals surface area (Å²) in [5, 5.41) is 0. The van der Waals surface area contributed by atoms with Gasteiger partial charge < -0.3 is 4.74 Å². The smallest absolute Gasteiger partial charge is 0.338 e. The van der Waals surface area contributed by atoms with Crippen molar-refractivity contribution in [2.24, 2.45) is 17.8 Å². The molecule has 2 amide bonds. The third-order valence-corrected chi connectivity index (χ3v) is 5.95. The second-order valence-corrected chi connectivity index (χ2v) is 7.99. The number of esters is 1. The zero-order valence-electron chi connectivity index (χ0n) is 17.4. The molecule has 2 aromatic carbocycles. The predicted octanol–water partition coefficient (Wildman–Crippen LogP) is 3.82. The van der Waals surface area contributed by atoms with Crippen LogP contribution in [-0.2, 0) is 14.3 Å². The molecule has 0 saturated carbocycles. The van der Waals surface area contributed by atoms with E-state index in [1.54, 1.807) is 42.5 Å². The van der Waals surface area contributed by atoms with Crippen LogP contribution in [0.2, 0.25) is 0 Å². The molecule has 1 fully saturated rings. The first kappa shape index (κ1) is 20.7. The highest BCUT2D eigenvalue weighted by atomic mass is 16.5. The molecule has 0 bridgehead atoms. The van der Waals surface area contributed by atoms with Gasteiger partial charge >= 0.3 is 5.97 Å². The molecule has 4 rings (SSSR count). The van der Waals surface area contributed by atoms with Crippen LogP contribution < -0.4 is 4.90 Å². The molecule has 0 spiro atoms. The number of amides is 2. The van der Waals surface area contributed by atoms with Crippen molar-refractivity contribution in [3.05, 3.63) is 77.9 Å². The van der Waals surface area contributed by atoms with Gasteiger partial charge in [0.05, 0.1) is 23.1 Å². The van der Waals surface area contributed by atoms with Gasteiger partial charge in [0.25, 0.3) is 0 Å². The van der Waals surface area contributed by atoms with Crippen LogP contribution in [0.1, 0.15) is 41.0 Å². The summed E-state index contributed by atoms with van der Waals surface area (Å²) < 4.78 is 5.31. The fraction of sp³-hybridized carbons (Fsp3) is 0.280. The van der Waals surface area contributed by atoms with Gasteiger partial charge in [0, 0.05) is 5.56 Å². The van der Waals surface area contributed by atoms with E-state index in [0.717, 1.165) is 0 Å². The molecule has 1 heterocycles. The lowest BCUT2D eigenvalue weighted by atomic mass is 9.78. The van der Waals surface area contributed by atoms with Gasteiger partial charge in [-0.1, -0.05) is 49.4 Å². The van der Waals surface area contributed by atoms with Gasteiger partial charge in [0.2, 0.25) is 17.6 Å². The first-order valence-corrected chi connectivity index (χ1v) is 10.3. The average Bonchev–Trinajstić information content (AvgIpc) is 3.05. The summed E-state index contributed by atoms with van der Waals surface area (Å²) in [6.07, 6.45) is 3.56. The second kappa shape index (κ2) is 8.30. The molecule has 0 radical (unpaired) electrons. The van der Waals surface area contributed by atoms with E-state index in [1.165, 1.54) is 24.0 Å². The molecule has 31 heavy (non-hydrogen) atoms.